The van der Waals surface area contributed by atoms with Crippen LogP contribution in [0.25, 0.3) is 11.1 Å². The summed E-state index contributed by atoms with van der Waals surface area (Å²) in [6.07, 6.45) is 5.94. The Morgan fingerprint density at radius 3 is 2.76 bits per heavy atom. The Hall–Kier alpha value is -2.14. The first-order chi connectivity index (χ1) is 12.1. The fourth-order valence-corrected chi connectivity index (χ4v) is 3.44. The molecular formula is C19H23ClN4O. The molecule has 5 nitrogen and oxygen atoms in total. The maximum atomic E-state index is 11.8. The molecular weight excluding hydrogens is 336 g/mol. The molecule has 1 aliphatic heterocycles. The van der Waals surface area contributed by atoms with E-state index >= 15 is 0 Å². The number of nitrogens with one attached hydrogen (secondary N) is 1. The number of pyridine rings is 2. The highest BCUT2D eigenvalue weighted by molar-refractivity contribution is 6.33. The van der Waals surface area contributed by atoms with E-state index < -0.39 is 0 Å². The summed E-state index contributed by atoms with van der Waals surface area (Å²) >= 11 is 6.49. The van der Waals surface area contributed by atoms with Gasteiger partial charge >= 0.3 is 0 Å². The molecule has 0 spiro atoms. The highest BCUT2D eigenvalue weighted by Crippen LogP contribution is 2.31. The third-order valence-electron chi connectivity index (χ3n) is 4.45. The first-order valence-electron chi connectivity index (χ1n) is 8.73. The predicted octanol–water partition coefficient (Wildman–Crippen LogP) is 3.78. The molecule has 0 saturated carbocycles. The van der Waals surface area contributed by atoms with Gasteiger partial charge in [-0.1, -0.05) is 24.6 Å². The molecule has 1 aliphatic rings. The quantitative estimate of drug-likeness (QED) is 0.903. The van der Waals surface area contributed by atoms with E-state index in [4.69, 9.17) is 11.6 Å². The summed E-state index contributed by atoms with van der Waals surface area (Å²) in [7, 11) is 0. The molecule has 0 aliphatic carbocycles. The number of aromatic nitrogens is 2. The normalized spacial score (nSPS) is 17.4. The molecule has 0 radical (unpaired) electrons. The lowest BCUT2D eigenvalue weighted by atomic mass is 10.0. The van der Waals surface area contributed by atoms with Crippen molar-refractivity contribution in [3.63, 3.8) is 0 Å². The van der Waals surface area contributed by atoms with Crippen molar-refractivity contribution in [2.75, 3.05) is 24.5 Å². The number of amides is 1. The monoisotopic (exact) mass is 358 g/mol. The van der Waals surface area contributed by atoms with Crippen molar-refractivity contribution in [1.29, 1.82) is 0 Å². The van der Waals surface area contributed by atoms with Crippen LogP contribution in [0.1, 0.15) is 37.2 Å². The topological polar surface area (TPSA) is 58.1 Å². The van der Waals surface area contributed by atoms with Crippen LogP contribution in [0.15, 0.2) is 30.6 Å². The maximum absolute atomic E-state index is 11.8. The lowest BCUT2D eigenvalue weighted by Crippen LogP contribution is -2.34. The fraction of sp³-hybridized carbons (Fsp3) is 0.421. The van der Waals surface area contributed by atoms with E-state index in [1.165, 1.54) is 12.8 Å². The standard InChI is InChI=1S/C19H23ClN4O/c1-3-21-19(25)17-7-6-14(10-22-17)15-9-16(20)18(23-11-15)24-8-4-5-13(2)12-24/h6-7,9-11,13H,3-5,8,12H2,1-2H3,(H,21,25). The van der Waals surface area contributed by atoms with E-state index in [1.54, 1.807) is 12.3 Å². The molecule has 6 heteroatoms. The number of carbonyl (C=O) groups is 1. The molecule has 0 aromatic carbocycles. The van der Waals surface area contributed by atoms with Gasteiger partial charge in [-0.25, -0.2) is 4.98 Å². The van der Waals surface area contributed by atoms with Crippen molar-refractivity contribution in [1.82, 2.24) is 15.3 Å². The van der Waals surface area contributed by atoms with E-state index in [9.17, 15) is 4.79 Å². The van der Waals surface area contributed by atoms with E-state index in [0.29, 0.717) is 23.2 Å². The van der Waals surface area contributed by atoms with Crippen LogP contribution in [0.2, 0.25) is 5.02 Å². The Morgan fingerprint density at radius 2 is 2.12 bits per heavy atom. The highest BCUT2D eigenvalue weighted by Gasteiger charge is 2.20. The van der Waals surface area contributed by atoms with Gasteiger partial charge in [0.15, 0.2) is 0 Å². The summed E-state index contributed by atoms with van der Waals surface area (Å²) in [5.74, 6) is 1.35. The Balaban J connectivity index is 1.79. The molecule has 1 unspecified atom stereocenters. The van der Waals surface area contributed by atoms with E-state index in [-0.39, 0.29) is 5.91 Å². The van der Waals surface area contributed by atoms with Crippen LogP contribution in [0.3, 0.4) is 0 Å². The Morgan fingerprint density at radius 1 is 1.32 bits per heavy atom. The Bertz CT molecular complexity index is 748. The fourth-order valence-electron chi connectivity index (χ4n) is 3.15. The van der Waals surface area contributed by atoms with Crippen molar-refractivity contribution in [3.8, 4) is 11.1 Å². The number of carbonyl (C=O) groups excluding carboxylic acids is 1. The van der Waals surface area contributed by atoms with Crippen LogP contribution >= 0.6 is 11.6 Å². The first kappa shape index (κ1) is 17.7. The molecule has 1 amide bonds. The van der Waals surface area contributed by atoms with Crippen LogP contribution in [0.5, 0.6) is 0 Å². The second-order valence-electron chi connectivity index (χ2n) is 6.51. The Kier molecular flexibility index (Phi) is 5.53. The lowest BCUT2D eigenvalue weighted by Gasteiger charge is -2.32. The van der Waals surface area contributed by atoms with E-state index in [2.05, 4.69) is 27.1 Å². The van der Waals surface area contributed by atoms with E-state index in [0.717, 1.165) is 30.0 Å². The van der Waals surface area contributed by atoms with Crippen molar-refractivity contribution in [2.45, 2.75) is 26.7 Å². The molecule has 2 aromatic rings. The first-order valence-corrected chi connectivity index (χ1v) is 9.11. The van der Waals surface area contributed by atoms with Crippen LogP contribution in [0.4, 0.5) is 5.82 Å². The third kappa shape index (κ3) is 4.10. The summed E-state index contributed by atoms with van der Waals surface area (Å²) in [6.45, 7) is 6.72. The molecule has 3 heterocycles. The van der Waals surface area contributed by atoms with Gasteiger partial charge in [-0.3, -0.25) is 9.78 Å². The average molecular weight is 359 g/mol. The van der Waals surface area contributed by atoms with Gasteiger partial charge in [-0.05, 0) is 37.8 Å². The zero-order valence-corrected chi connectivity index (χ0v) is 15.4. The van der Waals surface area contributed by atoms with Crippen molar-refractivity contribution < 1.29 is 4.79 Å². The number of anilines is 1. The number of hydrogen-bond donors (Lipinski definition) is 1. The van der Waals surface area contributed by atoms with Crippen molar-refractivity contribution in [3.05, 3.63) is 41.3 Å². The van der Waals surface area contributed by atoms with Gasteiger partial charge < -0.3 is 10.2 Å². The zero-order valence-electron chi connectivity index (χ0n) is 14.6. The van der Waals surface area contributed by atoms with Crippen LogP contribution < -0.4 is 10.2 Å². The highest BCUT2D eigenvalue weighted by atomic mass is 35.5. The number of piperidine rings is 1. The van der Waals surface area contributed by atoms with Gasteiger partial charge in [0.25, 0.3) is 5.91 Å². The molecule has 132 valence electrons. The molecule has 3 rings (SSSR count). The smallest absolute Gasteiger partial charge is 0.269 e. The molecule has 1 fully saturated rings. The maximum Gasteiger partial charge on any atom is 0.269 e. The molecule has 1 N–H and O–H groups in total. The second kappa shape index (κ2) is 7.83. The average Bonchev–Trinajstić information content (AvgIpc) is 2.62. The largest absolute Gasteiger partial charge is 0.355 e. The van der Waals surface area contributed by atoms with Gasteiger partial charge in [0.1, 0.15) is 11.5 Å². The molecule has 1 saturated heterocycles. The van der Waals surface area contributed by atoms with Gasteiger partial charge in [-0.2, -0.15) is 0 Å². The number of rotatable bonds is 4. The minimum atomic E-state index is -0.167. The van der Waals surface area contributed by atoms with Gasteiger partial charge in [-0.15, -0.1) is 0 Å². The van der Waals surface area contributed by atoms with Crippen LogP contribution in [0, 0.1) is 5.92 Å². The second-order valence-corrected chi connectivity index (χ2v) is 6.92. The van der Waals surface area contributed by atoms with Gasteiger partial charge in [0.2, 0.25) is 0 Å². The molecule has 25 heavy (non-hydrogen) atoms. The summed E-state index contributed by atoms with van der Waals surface area (Å²) in [6, 6.07) is 5.51. The van der Waals surface area contributed by atoms with E-state index in [1.807, 2.05) is 25.3 Å². The summed E-state index contributed by atoms with van der Waals surface area (Å²) in [5, 5.41) is 3.39. The SMILES string of the molecule is CCNC(=O)c1ccc(-c2cnc(N3CCCC(C)C3)c(Cl)c2)cn1. The molecule has 1 atom stereocenters. The van der Waals surface area contributed by atoms with Gasteiger partial charge in [0.05, 0.1) is 5.02 Å². The third-order valence-corrected chi connectivity index (χ3v) is 4.72. The van der Waals surface area contributed by atoms with Crippen LogP contribution in [-0.4, -0.2) is 35.5 Å². The lowest BCUT2D eigenvalue weighted by molar-refractivity contribution is 0.0951. The number of hydrogen-bond acceptors (Lipinski definition) is 4. The summed E-state index contributed by atoms with van der Waals surface area (Å²) in [4.78, 5) is 22.9. The molecule has 0 bridgehead atoms. The Labute approximate surface area is 153 Å². The minimum Gasteiger partial charge on any atom is -0.355 e. The van der Waals surface area contributed by atoms with Crippen molar-refractivity contribution >= 4 is 23.3 Å². The van der Waals surface area contributed by atoms with Gasteiger partial charge in [0, 0.05) is 43.2 Å². The zero-order chi connectivity index (χ0) is 17.8. The van der Waals surface area contributed by atoms with Crippen LogP contribution in [-0.2, 0) is 0 Å². The number of nitrogens with zero attached hydrogens (tertiary/aromatic N) is 3. The summed E-state index contributed by atoms with van der Waals surface area (Å²) < 4.78 is 0. The minimum absolute atomic E-state index is 0.167. The summed E-state index contributed by atoms with van der Waals surface area (Å²) in [5.41, 5.74) is 2.19. The number of halogens is 1. The van der Waals surface area contributed by atoms with Crippen molar-refractivity contribution in [2.24, 2.45) is 5.92 Å². The molecule has 2 aromatic heterocycles. The predicted molar refractivity (Wildman–Crippen MR) is 101 cm³/mol.